The third kappa shape index (κ3) is 2.74. The van der Waals surface area contributed by atoms with Crippen LogP contribution in [0.5, 0.6) is 0 Å². The molecule has 1 atom stereocenters. The molecular weight excluding hydrogens is 138 g/mol. The van der Waals surface area contributed by atoms with Crippen LogP contribution in [0, 0.1) is 0 Å². The molecule has 1 amide bonds. The van der Waals surface area contributed by atoms with Gasteiger partial charge in [0, 0.05) is 18.7 Å². The second kappa shape index (κ2) is 4.16. The van der Waals surface area contributed by atoms with Crippen LogP contribution in [0.15, 0.2) is 12.2 Å². The molecule has 0 saturated heterocycles. The van der Waals surface area contributed by atoms with E-state index in [1.165, 1.54) is 0 Å². The van der Waals surface area contributed by atoms with Gasteiger partial charge in [-0.1, -0.05) is 13.5 Å². The van der Waals surface area contributed by atoms with Crippen molar-refractivity contribution in [1.29, 1.82) is 0 Å². The molecule has 0 fully saturated rings. The third-order valence-electron chi connectivity index (χ3n) is 1.94. The molecule has 0 radical (unpaired) electrons. The molecule has 0 bridgehead atoms. The van der Waals surface area contributed by atoms with E-state index < -0.39 is 0 Å². The molecule has 0 aliphatic heterocycles. The largest absolute Gasteiger partial charge is 0.339 e. The van der Waals surface area contributed by atoms with Crippen molar-refractivity contribution in [2.24, 2.45) is 0 Å². The van der Waals surface area contributed by atoms with E-state index in [2.05, 4.69) is 13.5 Å². The highest BCUT2D eigenvalue weighted by molar-refractivity contribution is 5.92. The number of hydrogen-bond donors (Lipinski definition) is 0. The van der Waals surface area contributed by atoms with Crippen LogP contribution in [0.1, 0.15) is 27.2 Å². The molecular formula is C9H17NO. The van der Waals surface area contributed by atoms with Crippen LogP contribution < -0.4 is 0 Å². The van der Waals surface area contributed by atoms with E-state index in [4.69, 9.17) is 0 Å². The van der Waals surface area contributed by atoms with E-state index in [0.29, 0.717) is 11.6 Å². The molecule has 0 aromatic carbocycles. The maximum Gasteiger partial charge on any atom is 0.248 e. The molecule has 0 aromatic rings. The minimum absolute atomic E-state index is 0.0411. The molecule has 0 saturated carbocycles. The summed E-state index contributed by atoms with van der Waals surface area (Å²) in [4.78, 5) is 13.0. The van der Waals surface area contributed by atoms with Gasteiger partial charge in [-0.15, -0.1) is 0 Å². The minimum atomic E-state index is 0.0411. The zero-order chi connectivity index (χ0) is 9.02. The molecule has 0 aromatic heterocycles. The van der Waals surface area contributed by atoms with Crippen molar-refractivity contribution in [2.75, 3.05) is 7.05 Å². The van der Waals surface area contributed by atoms with Crippen molar-refractivity contribution in [1.82, 2.24) is 4.90 Å². The summed E-state index contributed by atoms with van der Waals surface area (Å²) in [7, 11) is 1.81. The van der Waals surface area contributed by atoms with Crippen molar-refractivity contribution < 1.29 is 4.79 Å². The number of carbonyl (C=O) groups excluding carboxylic acids is 1. The Morgan fingerprint density at radius 3 is 2.36 bits per heavy atom. The van der Waals surface area contributed by atoms with Gasteiger partial charge in [0.15, 0.2) is 0 Å². The second-order valence-corrected chi connectivity index (χ2v) is 2.95. The Labute approximate surface area is 68.9 Å². The molecule has 0 rings (SSSR count). The molecule has 0 N–H and O–H groups in total. The van der Waals surface area contributed by atoms with E-state index in [1.807, 2.05) is 14.0 Å². The fourth-order valence-corrected chi connectivity index (χ4v) is 0.775. The van der Waals surface area contributed by atoms with Crippen molar-refractivity contribution in [3.05, 3.63) is 12.2 Å². The van der Waals surface area contributed by atoms with Crippen LogP contribution in [0.3, 0.4) is 0 Å². The van der Waals surface area contributed by atoms with E-state index in [0.717, 1.165) is 6.42 Å². The molecule has 64 valence electrons. The maximum atomic E-state index is 11.3. The molecule has 0 spiro atoms. The summed E-state index contributed by atoms with van der Waals surface area (Å²) in [6.45, 7) is 9.43. The van der Waals surface area contributed by atoms with Gasteiger partial charge in [-0.3, -0.25) is 4.79 Å². The summed E-state index contributed by atoms with van der Waals surface area (Å²) in [5, 5.41) is 0. The Morgan fingerprint density at radius 1 is 1.64 bits per heavy atom. The first kappa shape index (κ1) is 10.2. The summed E-state index contributed by atoms with van der Waals surface area (Å²) in [5.41, 5.74) is 0.604. The lowest BCUT2D eigenvalue weighted by atomic mass is 10.2. The summed E-state index contributed by atoms with van der Waals surface area (Å²) in [5.74, 6) is 0.0411. The van der Waals surface area contributed by atoms with Gasteiger partial charge in [0.05, 0.1) is 0 Å². The lowest BCUT2D eigenvalue weighted by molar-refractivity contribution is -0.127. The zero-order valence-electron chi connectivity index (χ0n) is 7.85. The first-order valence-electron chi connectivity index (χ1n) is 3.93. The average Bonchev–Trinajstić information content (AvgIpc) is 2.00. The van der Waals surface area contributed by atoms with E-state index in [9.17, 15) is 4.79 Å². The lowest BCUT2D eigenvalue weighted by Crippen LogP contribution is -2.34. The normalized spacial score (nSPS) is 12.4. The minimum Gasteiger partial charge on any atom is -0.339 e. The highest BCUT2D eigenvalue weighted by Gasteiger charge is 2.13. The summed E-state index contributed by atoms with van der Waals surface area (Å²) >= 11 is 0. The smallest absolute Gasteiger partial charge is 0.248 e. The maximum absolute atomic E-state index is 11.3. The molecule has 0 aliphatic rings. The topological polar surface area (TPSA) is 20.3 Å². The Balaban J connectivity index is 4.13. The van der Waals surface area contributed by atoms with Crippen molar-refractivity contribution >= 4 is 5.91 Å². The van der Waals surface area contributed by atoms with Crippen molar-refractivity contribution in [3.63, 3.8) is 0 Å². The summed E-state index contributed by atoms with van der Waals surface area (Å²) in [6, 6.07) is 0.305. The van der Waals surface area contributed by atoms with Gasteiger partial charge >= 0.3 is 0 Å². The highest BCUT2D eigenvalue weighted by Crippen LogP contribution is 2.04. The van der Waals surface area contributed by atoms with Gasteiger partial charge in [0.2, 0.25) is 5.91 Å². The third-order valence-corrected chi connectivity index (χ3v) is 1.94. The van der Waals surface area contributed by atoms with Crippen molar-refractivity contribution in [2.45, 2.75) is 33.2 Å². The molecule has 1 unspecified atom stereocenters. The Kier molecular flexibility index (Phi) is 3.86. The Bertz CT molecular complexity index is 163. The highest BCUT2D eigenvalue weighted by atomic mass is 16.2. The quantitative estimate of drug-likeness (QED) is 0.569. The number of likely N-dealkylation sites (N-methyl/N-ethyl adjacent to an activating group) is 1. The van der Waals surface area contributed by atoms with Crippen LogP contribution in [-0.4, -0.2) is 23.9 Å². The van der Waals surface area contributed by atoms with Crippen LogP contribution in [0.25, 0.3) is 0 Å². The van der Waals surface area contributed by atoms with Crippen LogP contribution in [-0.2, 0) is 4.79 Å². The number of carbonyl (C=O) groups is 1. The summed E-state index contributed by atoms with van der Waals surface area (Å²) in [6.07, 6.45) is 0.982. The first-order valence-corrected chi connectivity index (χ1v) is 3.93. The Morgan fingerprint density at radius 2 is 2.09 bits per heavy atom. The molecule has 2 heteroatoms. The fraction of sp³-hybridized carbons (Fsp3) is 0.667. The lowest BCUT2D eigenvalue weighted by Gasteiger charge is -2.23. The number of nitrogens with zero attached hydrogens (tertiary/aromatic N) is 1. The van der Waals surface area contributed by atoms with Crippen LogP contribution in [0.4, 0.5) is 0 Å². The number of rotatable bonds is 3. The molecule has 0 heterocycles. The Hall–Kier alpha value is -0.790. The predicted molar refractivity (Wildman–Crippen MR) is 47.3 cm³/mol. The van der Waals surface area contributed by atoms with E-state index >= 15 is 0 Å². The van der Waals surface area contributed by atoms with Crippen LogP contribution >= 0.6 is 0 Å². The van der Waals surface area contributed by atoms with Crippen molar-refractivity contribution in [3.8, 4) is 0 Å². The second-order valence-electron chi connectivity index (χ2n) is 2.95. The average molecular weight is 155 g/mol. The fourth-order valence-electron chi connectivity index (χ4n) is 0.775. The van der Waals surface area contributed by atoms with E-state index in [1.54, 1.807) is 11.8 Å². The van der Waals surface area contributed by atoms with Gasteiger partial charge in [0.25, 0.3) is 0 Å². The van der Waals surface area contributed by atoms with Crippen LogP contribution in [0.2, 0.25) is 0 Å². The van der Waals surface area contributed by atoms with Gasteiger partial charge in [-0.25, -0.2) is 0 Å². The molecule has 2 nitrogen and oxygen atoms in total. The van der Waals surface area contributed by atoms with Gasteiger partial charge in [-0.05, 0) is 20.3 Å². The summed E-state index contributed by atoms with van der Waals surface area (Å²) < 4.78 is 0. The number of amides is 1. The van der Waals surface area contributed by atoms with Gasteiger partial charge < -0.3 is 4.90 Å². The van der Waals surface area contributed by atoms with E-state index in [-0.39, 0.29) is 5.91 Å². The number of hydrogen-bond acceptors (Lipinski definition) is 1. The van der Waals surface area contributed by atoms with Gasteiger partial charge in [-0.2, -0.15) is 0 Å². The molecule has 0 aliphatic carbocycles. The monoisotopic (exact) mass is 155 g/mol. The first-order chi connectivity index (χ1) is 5.00. The SMILES string of the molecule is C=C(C)C(=O)N(C)C(C)CC. The predicted octanol–water partition coefficient (Wildman–Crippen LogP) is 1.82. The standard InChI is InChI=1S/C9H17NO/c1-6-8(4)10(5)9(11)7(2)3/h8H,2,6H2,1,3-5H3. The zero-order valence-corrected chi connectivity index (χ0v) is 7.85. The molecule has 11 heavy (non-hydrogen) atoms. The van der Waals surface area contributed by atoms with Gasteiger partial charge in [0.1, 0.15) is 0 Å².